The molecule has 4 rings (SSSR count). The Morgan fingerprint density at radius 3 is 2.57 bits per heavy atom. The first-order valence-corrected chi connectivity index (χ1v) is 7.75. The third-order valence-electron chi connectivity index (χ3n) is 4.33. The second-order valence-electron chi connectivity index (χ2n) is 5.92. The molecule has 0 amide bonds. The van der Waals surface area contributed by atoms with E-state index >= 15 is 0 Å². The molecule has 21 heavy (non-hydrogen) atoms. The Morgan fingerprint density at radius 2 is 1.86 bits per heavy atom. The monoisotopic (exact) mass is 284 g/mol. The Bertz CT molecular complexity index is 596. The van der Waals surface area contributed by atoms with Crippen LogP contribution in [-0.4, -0.2) is 31.3 Å². The van der Waals surface area contributed by atoms with Crippen LogP contribution in [0.1, 0.15) is 18.5 Å². The van der Waals surface area contributed by atoms with E-state index in [0.29, 0.717) is 0 Å². The lowest BCUT2D eigenvalue weighted by atomic mass is 10.1. The lowest BCUT2D eigenvalue weighted by Crippen LogP contribution is -2.36. The summed E-state index contributed by atoms with van der Waals surface area (Å²) < 4.78 is 11.0. The van der Waals surface area contributed by atoms with Gasteiger partial charge in [-0.25, -0.2) is 4.98 Å². The minimum atomic E-state index is 0.815. The van der Waals surface area contributed by atoms with Crippen LogP contribution in [-0.2, 0) is 11.2 Å². The first-order valence-electron chi connectivity index (χ1n) is 7.75. The van der Waals surface area contributed by atoms with Crippen molar-refractivity contribution in [2.45, 2.75) is 19.3 Å². The summed E-state index contributed by atoms with van der Waals surface area (Å²) >= 11 is 0. The van der Waals surface area contributed by atoms with Crippen LogP contribution in [0.5, 0.6) is 0 Å². The summed E-state index contributed by atoms with van der Waals surface area (Å²) in [5, 5.41) is 0. The number of ether oxygens (including phenoxy) is 1. The average Bonchev–Trinajstić information content (AvgIpc) is 3.24. The highest BCUT2D eigenvalue weighted by Crippen LogP contribution is 2.35. The van der Waals surface area contributed by atoms with Crippen molar-refractivity contribution < 1.29 is 9.15 Å². The van der Waals surface area contributed by atoms with Crippen LogP contribution in [0.4, 0.5) is 5.69 Å². The Labute approximate surface area is 124 Å². The Balaban J connectivity index is 1.54. The summed E-state index contributed by atoms with van der Waals surface area (Å²) in [6.45, 7) is 3.56. The van der Waals surface area contributed by atoms with Gasteiger partial charge in [-0.3, -0.25) is 0 Å². The number of benzene rings is 1. The molecule has 2 fully saturated rings. The van der Waals surface area contributed by atoms with Crippen molar-refractivity contribution in [3.05, 3.63) is 36.4 Å². The highest BCUT2D eigenvalue weighted by Gasteiger charge is 2.25. The van der Waals surface area contributed by atoms with Gasteiger partial charge in [0.15, 0.2) is 12.2 Å². The predicted molar refractivity (Wildman–Crippen MR) is 81.4 cm³/mol. The highest BCUT2D eigenvalue weighted by atomic mass is 16.5. The van der Waals surface area contributed by atoms with Crippen LogP contribution in [0.15, 0.2) is 35.1 Å². The van der Waals surface area contributed by atoms with Crippen molar-refractivity contribution in [2.75, 3.05) is 31.2 Å². The highest BCUT2D eigenvalue weighted by molar-refractivity contribution is 5.63. The van der Waals surface area contributed by atoms with E-state index in [9.17, 15) is 0 Å². The molecule has 2 aliphatic rings. The van der Waals surface area contributed by atoms with Crippen molar-refractivity contribution in [3.63, 3.8) is 0 Å². The number of oxazole rings is 1. The number of hydrogen-bond acceptors (Lipinski definition) is 4. The number of nitrogens with zero attached hydrogens (tertiary/aromatic N) is 2. The minimum Gasteiger partial charge on any atom is -0.443 e. The Hall–Kier alpha value is -1.81. The number of anilines is 1. The van der Waals surface area contributed by atoms with Gasteiger partial charge in [0.05, 0.1) is 18.9 Å². The molecular weight excluding hydrogens is 264 g/mol. The van der Waals surface area contributed by atoms with Crippen LogP contribution < -0.4 is 4.90 Å². The molecule has 1 aromatic carbocycles. The first-order chi connectivity index (χ1) is 10.4. The second-order valence-corrected chi connectivity index (χ2v) is 5.92. The van der Waals surface area contributed by atoms with Gasteiger partial charge in [0.2, 0.25) is 0 Å². The van der Waals surface area contributed by atoms with E-state index in [4.69, 9.17) is 9.15 Å². The maximum Gasteiger partial charge on any atom is 0.181 e. The zero-order valence-corrected chi connectivity index (χ0v) is 12.1. The van der Waals surface area contributed by atoms with Crippen LogP contribution in [0.25, 0.3) is 11.3 Å². The number of morpholine rings is 1. The molecule has 2 aromatic rings. The van der Waals surface area contributed by atoms with E-state index in [0.717, 1.165) is 55.7 Å². The van der Waals surface area contributed by atoms with Gasteiger partial charge >= 0.3 is 0 Å². The molecule has 0 radical (unpaired) electrons. The smallest absolute Gasteiger partial charge is 0.181 e. The predicted octanol–water partition coefficient (Wildman–Crippen LogP) is 3.13. The lowest BCUT2D eigenvalue weighted by molar-refractivity contribution is 0.122. The first kappa shape index (κ1) is 12.9. The fourth-order valence-corrected chi connectivity index (χ4v) is 2.89. The van der Waals surface area contributed by atoms with Crippen molar-refractivity contribution >= 4 is 5.69 Å². The van der Waals surface area contributed by atoms with Gasteiger partial charge in [-0.05, 0) is 49.4 Å². The standard InChI is InChI=1S/C17H20N2O2/c1-2-13(1)11-16-17(21-12-18-16)14-3-5-15(6-4-14)19-7-9-20-10-8-19/h3-6,12-13H,1-2,7-11H2. The maximum absolute atomic E-state index is 5.62. The van der Waals surface area contributed by atoms with Crippen molar-refractivity contribution in [2.24, 2.45) is 5.92 Å². The second kappa shape index (κ2) is 5.53. The fraction of sp³-hybridized carbons (Fsp3) is 0.471. The van der Waals surface area contributed by atoms with E-state index in [1.54, 1.807) is 6.39 Å². The molecule has 110 valence electrons. The summed E-state index contributed by atoms with van der Waals surface area (Å²) in [6, 6.07) is 8.62. The molecular formula is C17H20N2O2. The molecule has 1 saturated carbocycles. The molecule has 0 unspecified atom stereocenters. The van der Waals surface area contributed by atoms with Crippen LogP contribution in [0.2, 0.25) is 0 Å². The van der Waals surface area contributed by atoms with Gasteiger partial charge in [0.25, 0.3) is 0 Å². The molecule has 0 atom stereocenters. The fourth-order valence-electron chi connectivity index (χ4n) is 2.89. The van der Waals surface area contributed by atoms with Gasteiger partial charge in [-0.2, -0.15) is 0 Å². The largest absolute Gasteiger partial charge is 0.443 e. The zero-order valence-electron chi connectivity index (χ0n) is 12.1. The maximum atomic E-state index is 5.62. The summed E-state index contributed by atoms with van der Waals surface area (Å²) in [6.07, 6.45) is 5.30. The van der Waals surface area contributed by atoms with E-state index in [1.807, 2.05) is 0 Å². The topological polar surface area (TPSA) is 38.5 Å². The van der Waals surface area contributed by atoms with Crippen molar-refractivity contribution in [1.82, 2.24) is 4.98 Å². The summed E-state index contributed by atoms with van der Waals surface area (Å²) in [5.74, 6) is 1.76. The molecule has 4 nitrogen and oxygen atoms in total. The number of aromatic nitrogens is 1. The van der Waals surface area contributed by atoms with Gasteiger partial charge in [0.1, 0.15) is 0 Å². The van der Waals surface area contributed by atoms with Gasteiger partial charge in [0, 0.05) is 24.3 Å². The number of rotatable bonds is 4. The van der Waals surface area contributed by atoms with E-state index in [1.165, 1.54) is 18.5 Å². The van der Waals surface area contributed by atoms with Crippen molar-refractivity contribution in [3.8, 4) is 11.3 Å². The Morgan fingerprint density at radius 1 is 1.10 bits per heavy atom. The molecule has 0 bridgehead atoms. The van der Waals surface area contributed by atoms with Crippen LogP contribution in [0.3, 0.4) is 0 Å². The molecule has 0 spiro atoms. The normalized spacial score (nSPS) is 19.0. The van der Waals surface area contributed by atoms with Crippen LogP contribution >= 0.6 is 0 Å². The summed E-state index contributed by atoms with van der Waals surface area (Å²) in [5.41, 5.74) is 3.49. The lowest BCUT2D eigenvalue weighted by Gasteiger charge is -2.28. The zero-order chi connectivity index (χ0) is 14.1. The van der Waals surface area contributed by atoms with E-state index < -0.39 is 0 Å². The summed E-state index contributed by atoms with van der Waals surface area (Å²) in [7, 11) is 0. The third-order valence-corrected chi connectivity index (χ3v) is 4.33. The molecule has 4 heteroatoms. The van der Waals surface area contributed by atoms with Crippen LogP contribution in [0, 0.1) is 5.92 Å². The number of hydrogen-bond donors (Lipinski definition) is 0. The molecule has 1 aromatic heterocycles. The van der Waals surface area contributed by atoms with Gasteiger partial charge in [-0.15, -0.1) is 0 Å². The Kier molecular flexibility index (Phi) is 3.39. The summed E-state index contributed by atoms with van der Waals surface area (Å²) in [4.78, 5) is 6.75. The average molecular weight is 284 g/mol. The molecule has 1 aliphatic carbocycles. The molecule has 2 heterocycles. The van der Waals surface area contributed by atoms with E-state index in [2.05, 4.69) is 34.1 Å². The molecule has 1 saturated heterocycles. The SMILES string of the molecule is c1nc(CC2CC2)c(-c2ccc(N3CCOCC3)cc2)o1. The molecule has 0 N–H and O–H groups in total. The minimum absolute atomic E-state index is 0.815. The van der Waals surface area contributed by atoms with E-state index in [-0.39, 0.29) is 0 Å². The molecule has 1 aliphatic heterocycles. The van der Waals surface area contributed by atoms with Gasteiger partial charge < -0.3 is 14.1 Å². The van der Waals surface area contributed by atoms with Crippen molar-refractivity contribution in [1.29, 1.82) is 0 Å². The third kappa shape index (κ3) is 2.81. The quantitative estimate of drug-likeness (QED) is 0.864. The van der Waals surface area contributed by atoms with Gasteiger partial charge in [-0.1, -0.05) is 0 Å².